The van der Waals surface area contributed by atoms with Gasteiger partial charge >= 0.3 is 0 Å². The van der Waals surface area contributed by atoms with E-state index < -0.39 is 0 Å². The van der Waals surface area contributed by atoms with E-state index in [1.807, 2.05) is 25.1 Å². The van der Waals surface area contributed by atoms with Crippen LogP contribution in [0.2, 0.25) is 0 Å². The zero-order valence-electron chi connectivity index (χ0n) is 15.4. The Bertz CT molecular complexity index is 904. The molecule has 1 aliphatic heterocycles. The van der Waals surface area contributed by atoms with Gasteiger partial charge in [-0.3, -0.25) is 4.79 Å². The molecule has 1 amide bonds. The van der Waals surface area contributed by atoms with Crippen LogP contribution in [0.15, 0.2) is 47.8 Å². The Labute approximate surface area is 170 Å². The molecule has 0 spiro atoms. The van der Waals surface area contributed by atoms with Gasteiger partial charge in [0.25, 0.3) is 0 Å². The van der Waals surface area contributed by atoms with Crippen LogP contribution in [-0.2, 0) is 4.79 Å². The largest absolute Gasteiger partial charge is 0.371 e. The molecule has 0 atom stereocenters. The molecular weight excluding hydrogens is 378 g/mol. The number of piperidine rings is 1. The second kappa shape index (κ2) is 8.72. The number of rotatable bonds is 4. The van der Waals surface area contributed by atoms with Crippen LogP contribution in [0, 0.1) is 5.92 Å². The molecule has 27 heavy (non-hydrogen) atoms. The van der Waals surface area contributed by atoms with Gasteiger partial charge in [0.15, 0.2) is 0 Å². The van der Waals surface area contributed by atoms with E-state index in [-0.39, 0.29) is 24.2 Å². The number of hydrogen-bond donors (Lipinski definition) is 1. The van der Waals surface area contributed by atoms with Gasteiger partial charge in [-0.05, 0) is 37.3 Å². The normalized spacial score (nSPS) is 14.8. The lowest BCUT2D eigenvalue weighted by Gasteiger charge is -2.33. The molecule has 0 aliphatic carbocycles. The Morgan fingerprint density at radius 2 is 1.96 bits per heavy atom. The maximum Gasteiger partial charge on any atom is 0.223 e. The van der Waals surface area contributed by atoms with E-state index in [1.54, 1.807) is 11.3 Å². The molecule has 1 aliphatic rings. The number of amides is 1. The van der Waals surface area contributed by atoms with Crippen molar-refractivity contribution in [2.45, 2.75) is 19.8 Å². The predicted octanol–water partition coefficient (Wildman–Crippen LogP) is 4.74. The lowest BCUT2D eigenvalue weighted by molar-refractivity contribution is -0.125. The van der Waals surface area contributed by atoms with Crippen molar-refractivity contribution in [1.29, 1.82) is 0 Å². The quantitative estimate of drug-likeness (QED) is 0.686. The van der Waals surface area contributed by atoms with Gasteiger partial charge in [-0.2, -0.15) is 0 Å². The van der Waals surface area contributed by atoms with Crippen LogP contribution in [0.4, 0.5) is 5.69 Å². The highest BCUT2D eigenvalue weighted by molar-refractivity contribution is 7.16. The van der Waals surface area contributed by atoms with E-state index in [2.05, 4.69) is 39.9 Å². The third kappa shape index (κ3) is 4.09. The molecule has 6 heteroatoms. The number of thiophene rings is 1. The lowest BCUT2D eigenvalue weighted by atomic mass is 9.95. The first kappa shape index (κ1) is 19.6. The molecule has 3 heterocycles. The Morgan fingerprint density at radius 1 is 1.22 bits per heavy atom. The molecule has 0 saturated carbocycles. The third-order valence-corrected chi connectivity index (χ3v) is 5.85. The number of fused-ring (bicyclic) bond motifs is 1. The number of nitrogens with one attached hydrogen (secondary N) is 1. The predicted molar refractivity (Wildman–Crippen MR) is 116 cm³/mol. The smallest absolute Gasteiger partial charge is 0.223 e. The first-order valence-corrected chi connectivity index (χ1v) is 10.1. The zero-order valence-corrected chi connectivity index (χ0v) is 17.0. The number of anilines is 1. The second-order valence-corrected chi connectivity index (χ2v) is 7.58. The number of aromatic nitrogens is 1. The molecule has 0 radical (unpaired) electrons. The molecule has 142 valence electrons. The minimum Gasteiger partial charge on any atom is -0.371 e. The molecule has 4 rings (SSSR count). The van der Waals surface area contributed by atoms with Crippen LogP contribution in [0.5, 0.6) is 0 Å². The van der Waals surface area contributed by atoms with Crippen LogP contribution in [0.1, 0.15) is 19.8 Å². The number of pyridine rings is 1. The van der Waals surface area contributed by atoms with Crippen LogP contribution >= 0.6 is 23.7 Å². The van der Waals surface area contributed by atoms with Gasteiger partial charge in [-0.25, -0.2) is 4.98 Å². The van der Waals surface area contributed by atoms with Crippen molar-refractivity contribution in [3.05, 3.63) is 47.8 Å². The molecule has 1 N–H and O–H groups in total. The summed E-state index contributed by atoms with van der Waals surface area (Å²) in [6, 6.07) is 14.7. The minimum absolute atomic E-state index is 0. The molecular formula is C21H24ClN3OS. The number of halogens is 1. The van der Waals surface area contributed by atoms with E-state index in [0.29, 0.717) is 6.54 Å². The van der Waals surface area contributed by atoms with E-state index in [4.69, 9.17) is 4.98 Å². The van der Waals surface area contributed by atoms with Gasteiger partial charge in [-0.1, -0.05) is 30.3 Å². The molecule has 1 aromatic carbocycles. The summed E-state index contributed by atoms with van der Waals surface area (Å²) < 4.78 is 0. The topological polar surface area (TPSA) is 45.2 Å². The highest BCUT2D eigenvalue weighted by atomic mass is 35.5. The van der Waals surface area contributed by atoms with Crippen molar-refractivity contribution in [2.75, 3.05) is 24.5 Å². The highest BCUT2D eigenvalue weighted by Crippen LogP contribution is 2.35. The van der Waals surface area contributed by atoms with Gasteiger partial charge in [0.05, 0.1) is 5.69 Å². The first-order chi connectivity index (χ1) is 12.8. The maximum absolute atomic E-state index is 12.1. The number of hydrogen-bond acceptors (Lipinski definition) is 4. The fourth-order valence-corrected chi connectivity index (χ4v) is 4.43. The summed E-state index contributed by atoms with van der Waals surface area (Å²) in [6.45, 7) is 4.50. The molecule has 0 bridgehead atoms. The summed E-state index contributed by atoms with van der Waals surface area (Å²) in [5.74, 6) is 0.340. The summed E-state index contributed by atoms with van der Waals surface area (Å²) in [5.41, 5.74) is 3.40. The molecule has 2 aromatic heterocycles. The average molecular weight is 402 g/mol. The van der Waals surface area contributed by atoms with Crippen molar-refractivity contribution in [3.8, 4) is 11.3 Å². The number of nitrogens with zero attached hydrogens (tertiary/aromatic N) is 2. The Morgan fingerprint density at radius 3 is 2.67 bits per heavy atom. The second-order valence-electron chi connectivity index (χ2n) is 6.69. The first-order valence-electron chi connectivity index (χ1n) is 9.22. The number of carbonyl (C=O) groups excluding carboxylic acids is 1. The molecule has 4 nitrogen and oxygen atoms in total. The van der Waals surface area contributed by atoms with Crippen LogP contribution in [-0.4, -0.2) is 30.5 Å². The summed E-state index contributed by atoms with van der Waals surface area (Å²) in [5, 5.41) is 6.28. The van der Waals surface area contributed by atoms with E-state index >= 15 is 0 Å². The van der Waals surface area contributed by atoms with Crippen LogP contribution < -0.4 is 10.2 Å². The Balaban J connectivity index is 0.00000210. The SMILES string of the molecule is CCNC(=O)C1CCN(c2cc(-c3ccccc3)nc3sccc23)CC1.Cl. The molecule has 1 saturated heterocycles. The molecule has 1 fully saturated rings. The van der Waals surface area contributed by atoms with Crippen LogP contribution in [0.3, 0.4) is 0 Å². The van der Waals surface area contributed by atoms with Gasteiger partial charge in [0.2, 0.25) is 5.91 Å². The average Bonchev–Trinajstić information content (AvgIpc) is 3.17. The van der Waals surface area contributed by atoms with E-state index in [9.17, 15) is 4.79 Å². The van der Waals surface area contributed by atoms with Gasteiger partial charge in [0.1, 0.15) is 4.83 Å². The number of carbonyl (C=O) groups is 1. The summed E-state index contributed by atoms with van der Waals surface area (Å²) in [6.07, 6.45) is 1.81. The lowest BCUT2D eigenvalue weighted by Crippen LogP contribution is -2.40. The zero-order chi connectivity index (χ0) is 17.9. The standard InChI is InChI=1S/C21H23N3OS.ClH/c1-2-22-20(25)16-8-11-24(12-9-16)19-14-18(15-6-4-3-5-7-15)23-21-17(19)10-13-26-21;/h3-7,10,13-14,16H,2,8-9,11-12H2,1H3,(H,22,25);1H. The van der Waals surface area contributed by atoms with Gasteiger partial charge < -0.3 is 10.2 Å². The highest BCUT2D eigenvalue weighted by Gasteiger charge is 2.26. The minimum atomic E-state index is 0. The van der Waals surface area contributed by atoms with Crippen molar-refractivity contribution in [1.82, 2.24) is 10.3 Å². The van der Waals surface area contributed by atoms with E-state index in [0.717, 1.165) is 42.0 Å². The monoisotopic (exact) mass is 401 g/mol. The third-order valence-electron chi connectivity index (χ3n) is 5.04. The van der Waals surface area contributed by atoms with Gasteiger partial charge in [-0.15, -0.1) is 23.7 Å². The maximum atomic E-state index is 12.1. The van der Waals surface area contributed by atoms with Gasteiger partial charge in [0, 0.05) is 42.2 Å². The molecule has 0 unspecified atom stereocenters. The fourth-order valence-electron chi connectivity index (χ4n) is 3.65. The molecule has 3 aromatic rings. The fraction of sp³-hybridized carbons (Fsp3) is 0.333. The number of benzene rings is 1. The van der Waals surface area contributed by atoms with Crippen molar-refractivity contribution >= 4 is 45.6 Å². The Hall–Kier alpha value is -2.11. The summed E-state index contributed by atoms with van der Waals surface area (Å²) in [4.78, 5) is 20.5. The Kier molecular flexibility index (Phi) is 6.34. The van der Waals surface area contributed by atoms with Crippen molar-refractivity contribution < 1.29 is 4.79 Å². The summed E-state index contributed by atoms with van der Waals surface area (Å²) >= 11 is 1.68. The van der Waals surface area contributed by atoms with Crippen molar-refractivity contribution in [3.63, 3.8) is 0 Å². The van der Waals surface area contributed by atoms with Crippen molar-refractivity contribution in [2.24, 2.45) is 5.92 Å². The van der Waals surface area contributed by atoms with E-state index in [1.165, 1.54) is 11.1 Å². The van der Waals surface area contributed by atoms with Crippen LogP contribution in [0.25, 0.3) is 21.5 Å². The summed E-state index contributed by atoms with van der Waals surface area (Å²) in [7, 11) is 0.